The number of phosphoric ester groups is 2. The lowest BCUT2D eigenvalue weighted by atomic mass is 9.86. The summed E-state index contributed by atoms with van der Waals surface area (Å²) in [7, 11) is -9.47. The number of carbonyl (C=O) groups is 8. The van der Waals surface area contributed by atoms with E-state index in [4.69, 9.17) is 18.8 Å². The Morgan fingerprint density at radius 2 is 0.603 bits per heavy atom. The maximum Gasteiger partial charge on any atom is 0.472 e. The summed E-state index contributed by atoms with van der Waals surface area (Å²) in [6.45, 7) is -2.26. The third-order valence-electron chi connectivity index (χ3n) is 11.0. The van der Waals surface area contributed by atoms with Crippen molar-refractivity contribution in [3.05, 3.63) is 93.0 Å². The zero-order chi connectivity index (χ0) is 45.1. The molecule has 4 aromatic carbocycles. The lowest BCUT2D eigenvalue weighted by Gasteiger charge is -2.32. The molecule has 1 atom stereocenters. The fourth-order valence-corrected chi connectivity index (χ4v) is 9.40. The van der Waals surface area contributed by atoms with Crippen LogP contribution >= 0.6 is 15.6 Å². The molecule has 4 heterocycles. The van der Waals surface area contributed by atoms with Crippen molar-refractivity contribution in [3.8, 4) is 0 Å². The molecule has 328 valence electrons. The maximum atomic E-state index is 13.6. The summed E-state index contributed by atoms with van der Waals surface area (Å²) in [6, 6.07) is 11.0. The highest BCUT2D eigenvalue weighted by molar-refractivity contribution is 7.47. The second-order valence-corrected chi connectivity index (χ2v) is 17.5. The first-order valence-electron chi connectivity index (χ1n) is 19.5. The number of hydrogen-bond acceptors (Lipinski definition) is 14. The summed E-state index contributed by atoms with van der Waals surface area (Å²) in [5, 5.41) is 9.81. The van der Waals surface area contributed by atoms with Crippen molar-refractivity contribution in [1.29, 1.82) is 0 Å². The highest BCUT2D eigenvalue weighted by Gasteiger charge is 2.41. The molecule has 8 rings (SSSR count). The van der Waals surface area contributed by atoms with E-state index in [1.807, 2.05) is 0 Å². The van der Waals surface area contributed by atoms with Gasteiger partial charge in [-0.25, -0.2) is 9.13 Å². The maximum absolute atomic E-state index is 13.6. The molecule has 0 saturated heterocycles. The van der Waals surface area contributed by atoms with Crippen LogP contribution in [-0.4, -0.2) is 139 Å². The van der Waals surface area contributed by atoms with Crippen molar-refractivity contribution in [3.63, 3.8) is 0 Å². The van der Waals surface area contributed by atoms with Crippen LogP contribution in [0.4, 0.5) is 0 Å². The molecular weight excluding hydrogens is 870 g/mol. The van der Waals surface area contributed by atoms with E-state index in [9.17, 15) is 57.5 Å². The molecule has 0 fully saturated rings. The number of amides is 8. The van der Waals surface area contributed by atoms with Gasteiger partial charge in [-0.05, 0) is 74.2 Å². The lowest BCUT2D eigenvalue weighted by Crippen LogP contribution is -2.44. The number of benzene rings is 4. The Hall–Kier alpha value is -5.86. The second kappa shape index (κ2) is 16.7. The van der Waals surface area contributed by atoms with E-state index in [1.54, 1.807) is 0 Å². The molecule has 63 heavy (non-hydrogen) atoms. The zero-order valence-electron chi connectivity index (χ0n) is 32.9. The molecule has 4 N–H and O–H groups in total. The van der Waals surface area contributed by atoms with Gasteiger partial charge in [0, 0.05) is 98.8 Å². The van der Waals surface area contributed by atoms with Crippen LogP contribution in [0.25, 0.3) is 21.5 Å². The average Bonchev–Trinajstić information content (AvgIpc) is 3.24. The molecule has 8 amide bonds. The number of imide groups is 4. The summed E-state index contributed by atoms with van der Waals surface area (Å²) in [5.74, 6) is -5.59. The van der Waals surface area contributed by atoms with Gasteiger partial charge in [-0.3, -0.25) is 71.5 Å². The summed E-state index contributed by atoms with van der Waals surface area (Å²) in [4.78, 5) is 139. The Morgan fingerprint density at radius 3 is 0.825 bits per heavy atom. The van der Waals surface area contributed by atoms with Gasteiger partial charge in [0.15, 0.2) is 0 Å². The standard InChI is InChI=1S/C40H36N4O17P2/c45-17-1-13-41-33(46)21-5-7-25-30-26(8-6-22(29(21)30)34(41)47)38(51)43(37(25)50)15-3-19-60-63(57,58)61-20-4-16-44-39(52)27-11-9-23-31-24(10-12-28(32(27)31)40(44)53)36(49)42(35(23)48)14-2-18-59-62(54,55)56/h5-12,45H,1-4,13-20H2,(H,57,58)(H2,54,55,56). The first-order chi connectivity index (χ1) is 30.0. The molecule has 4 aliphatic heterocycles. The minimum absolute atomic E-state index is 0.0126. The minimum Gasteiger partial charge on any atom is -0.396 e. The third-order valence-corrected chi connectivity index (χ3v) is 12.5. The normalized spacial score (nSPS) is 17.0. The van der Waals surface area contributed by atoms with E-state index >= 15 is 0 Å². The van der Waals surface area contributed by atoms with Crippen LogP contribution in [0.15, 0.2) is 48.5 Å². The van der Waals surface area contributed by atoms with Crippen molar-refractivity contribution in [2.24, 2.45) is 0 Å². The minimum atomic E-state index is -4.76. The molecule has 0 aromatic heterocycles. The number of phosphoric acid groups is 2. The summed E-state index contributed by atoms with van der Waals surface area (Å²) in [6.07, 6.45) is -0.102. The molecule has 4 aliphatic rings. The van der Waals surface area contributed by atoms with Crippen LogP contribution < -0.4 is 0 Å². The van der Waals surface area contributed by atoms with E-state index in [1.165, 1.54) is 48.5 Å². The molecule has 0 aliphatic carbocycles. The largest absolute Gasteiger partial charge is 0.472 e. The van der Waals surface area contributed by atoms with Gasteiger partial charge in [0.25, 0.3) is 47.3 Å². The third kappa shape index (κ3) is 7.70. The lowest BCUT2D eigenvalue weighted by molar-refractivity contribution is 0.0573. The van der Waals surface area contributed by atoms with Crippen molar-refractivity contribution >= 4 is 84.4 Å². The average molecular weight is 907 g/mol. The predicted molar refractivity (Wildman–Crippen MR) is 215 cm³/mol. The van der Waals surface area contributed by atoms with Crippen LogP contribution in [0.1, 0.15) is 109 Å². The van der Waals surface area contributed by atoms with Gasteiger partial charge in [-0.2, -0.15) is 0 Å². The number of hydrogen-bond donors (Lipinski definition) is 4. The fraction of sp³-hybridized carbons (Fsp3) is 0.300. The molecule has 4 aromatic rings. The van der Waals surface area contributed by atoms with E-state index < -0.39 is 82.7 Å². The number of carbonyl (C=O) groups excluding carboxylic acids is 8. The number of aliphatic hydroxyl groups is 1. The van der Waals surface area contributed by atoms with E-state index in [0.717, 1.165) is 19.6 Å². The SMILES string of the molecule is O=C1c2ccc3c4c(ccc(c24)C(=O)N1CCCO)C(=O)N(CCCOP(=O)(O)OCCCN1C(=O)c2ccc4c5c(ccc(c25)C1=O)C(=O)N(CCCOP(=O)(O)O)C4=O)C3=O. The molecule has 21 nitrogen and oxygen atoms in total. The topological polar surface area (TPSA) is 292 Å². The fourth-order valence-electron chi connectivity index (χ4n) is 8.24. The van der Waals surface area contributed by atoms with Crippen LogP contribution in [0.5, 0.6) is 0 Å². The molecule has 0 spiro atoms. The first-order valence-corrected chi connectivity index (χ1v) is 22.6. The molecule has 1 unspecified atom stereocenters. The molecular formula is C40H36N4O17P2. The van der Waals surface area contributed by atoms with Crippen LogP contribution in [0.2, 0.25) is 0 Å². The van der Waals surface area contributed by atoms with Gasteiger partial charge in [-0.15, -0.1) is 0 Å². The summed E-state index contributed by atoms with van der Waals surface area (Å²) < 4.78 is 38.2. The van der Waals surface area contributed by atoms with E-state index in [-0.39, 0.29) is 125 Å². The van der Waals surface area contributed by atoms with Crippen molar-refractivity contribution in [2.75, 3.05) is 52.6 Å². The second-order valence-electron chi connectivity index (χ2n) is 14.8. The van der Waals surface area contributed by atoms with Crippen molar-refractivity contribution < 1.29 is 80.8 Å². The zero-order valence-corrected chi connectivity index (χ0v) is 34.7. The number of aliphatic hydroxyl groups excluding tert-OH is 1. The Morgan fingerprint density at radius 1 is 0.381 bits per heavy atom. The highest BCUT2D eigenvalue weighted by atomic mass is 31.2. The Kier molecular flexibility index (Phi) is 11.6. The Bertz CT molecular complexity index is 2700. The van der Waals surface area contributed by atoms with E-state index in [0.29, 0.717) is 0 Å². The molecule has 0 saturated carbocycles. The van der Waals surface area contributed by atoms with Crippen molar-refractivity contribution in [2.45, 2.75) is 25.7 Å². The smallest absolute Gasteiger partial charge is 0.396 e. The summed E-state index contributed by atoms with van der Waals surface area (Å²) >= 11 is 0. The van der Waals surface area contributed by atoms with Gasteiger partial charge in [-0.1, -0.05) is 0 Å². The molecule has 23 heteroatoms. The van der Waals surface area contributed by atoms with Gasteiger partial charge < -0.3 is 19.8 Å². The molecule has 0 bridgehead atoms. The van der Waals surface area contributed by atoms with E-state index in [2.05, 4.69) is 4.52 Å². The van der Waals surface area contributed by atoms with Crippen LogP contribution in [-0.2, 0) is 22.7 Å². The van der Waals surface area contributed by atoms with Crippen LogP contribution in [0, 0.1) is 0 Å². The van der Waals surface area contributed by atoms with Gasteiger partial charge in [0.2, 0.25) is 0 Å². The Balaban J connectivity index is 0.849. The van der Waals surface area contributed by atoms with Gasteiger partial charge >= 0.3 is 15.6 Å². The van der Waals surface area contributed by atoms with Gasteiger partial charge in [0.05, 0.1) is 19.8 Å². The summed E-state index contributed by atoms with van der Waals surface area (Å²) in [5.41, 5.74) is 0.610. The Labute approximate surface area is 355 Å². The predicted octanol–water partition coefficient (Wildman–Crippen LogP) is 2.87. The van der Waals surface area contributed by atoms with Gasteiger partial charge in [0.1, 0.15) is 0 Å². The highest BCUT2D eigenvalue weighted by Crippen LogP contribution is 2.44. The first kappa shape index (κ1) is 43.8. The van der Waals surface area contributed by atoms with Crippen molar-refractivity contribution in [1.82, 2.24) is 19.6 Å². The monoisotopic (exact) mass is 906 g/mol. The number of rotatable bonds is 18. The molecule has 0 radical (unpaired) electrons. The van der Waals surface area contributed by atoms with Crippen LogP contribution in [0.3, 0.4) is 0 Å². The number of nitrogens with zero attached hydrogens (tertiary/aromatic N) is 4. The quantitative estimate of drug-likeness (QED) is 0.0634.